The van der Waals surface area contributed by atoms with Crippen molar-refractivity contribution in [3.8, 4) is 0 Å². The van der Waals surface area contributed by atoms with E-state index < -0.39 is 0 Å². The molecule has 2 aliphatic heterocycles. The SMILES string of the molecule is CC(C)NCC1COCCN1C1CCOC1. The zero-order valence-corrected chi connectivity index (χ0v) is 10.4. The molecule has 2 saturated heterocycles. The molecule has 4 heteroatoms. The number of nitrogens with zero attached hydrogens (tertiary/aromatic N) is 1. The monoisotopic (exact) mass is 228 g/mol. The molecule has 0 saturated carbocycles. The second kappa shape index (κ2) is 5.96. The van der Waals surface area contributed by atoms with E-state index >= 15 is 0 Å². The summed E-state index contributed by atoms with van der Waals surface area (Å²) in [6, 6.07) is 1.68. The van der Waals surface area contributed by atoms with E-state index in [1.807, 2.05) is 0 Å². The van der Waals surface area contributed by atoms with Crippen LogP contribution >= 0.6 is 0 Å². The first kappa shape index (κ1) is 12.3. The quantitative estimate of drug-likeness (QED) is 0.758. The minimum atomic E-state index is 0.517. The van der Waals surface area contributed by atoms with Crippen LogP contribution in [0.1, 0.15) is 20.3 Å². The summed E-state index contributed by atoms with van der Waals surface area (Å²) >= 11 is 0. The zero-order valence-electron chi connectivity index (χ0n) is 10.4. The van der Waals surface area contributed by atoms with Crippen LogP contribution in [-0.4, -0.2) is 62.5 Å². The van der Waals surface area contributed by atoms with Crippen LogP contribution in [0.4, 0.5) is 0 Å². The zero-order chi connectivity index (χ0) is 11.4. The van der Waals surface area contributed by atoms with Gasteiger partial charge in [-0.15, -0.1) is 0 Å². The third-order valence-electron chi connectivity index (χ3n) is 3.41. The van der Waals surface area contributed by atoms with E-state index in [9.17, 15) is 0 Å². The molecule has 0 amide bonds. The Labute approximate surface area is 98.3 Å². The first-order valence-electron chi connectivity index (χ1n) is 6.42. The molecule has 0 aromatic carbocycles. The predicted octanol–water partition coefficient (Wildman–Crippen LogP) is 0.474. The van der Waals surface area contributed by atoms with Crippen molar-refractivity contribution in [2.75, 3.05) is 39.5 Å². The number of ether oxygens (including phenoxy) is 2. The molecule has 2 atom stereocenters. The van der Waals surface area contributed by atoms with E-state index in [-0.39, 0.29) is 0 Å². The fourth-order valence-corrected chi connectivity index (χ4v) is 2.48. The second-order valence-corrected chi connectivity index (χ2v) is 5.05. The summed E-state index contributed by atoms with van der Waals surface area (Å²) in [7, 11) is 0. The third kappa shape index (κ3) is 3.17. The predicted molar refractivity (Wildman–Crippen MR) is 63.7 cm³/mol. The van der Waals surface area contributed by atoms with E-state index in [1.165, 1.54) is 6.42 Å². The number of hydrogen-bond acceptors (Lipinski definition) is 4. The Morgan fingerprint density at radius 1 is 1.25 bits per heavy atom. The molecule has 2 aliphatic rings. The van der Waals surface area contributed by atoms with E-state index in [4.69, 9.17) is 9.47 Å². The fourth-order valence-electron chi connectivity index (χ4n) is 2.48. The Balaban J connectivity index is 1.85. The molecule has 2 rings (SSSR count). The lowest BCUT2D eigenvalue weighted by Crippen LogP contribution is -2.55. The standard InChI is InChI=1S/C12H24N2O2/c1-10(2)13-7-12-9-16-6-4-14(12)11-3-5-15-8-11/h10-13H,3-9H2,1-2H3. The molecule has 16 heavy (non-hydrogen) atoms. The average Bonchev–Trinajstić information content (AvgIpc) is 2.80. The molecular weight excluding hydrogens is 204 g/mol. The van der Waals surface area contributed by atoms with Gasteiger partial charge in [-0.1, -0.05) is 13.8 Å². The van der Waals surface area contributed by atoms with Crippen LogP contribution in [0.5, 0.6) is 0 Å². The Bertz CT molecular complexity index is 205. The van der Waals surface area contributed by atoms with Gasteiger partial charge in [-0.3, -0.25) is 4.90 Å². The lowest BCUT2D eigenvalue weighted by molar-refractivity contribution is -0.0298. The van der Waals surface area contributed by atoms with Gasteiger partial charge in [0.2, 0.25) is 0 Å². The highest BCUT2D eigenvalue weighted by Gasteiger charge is 2.31. The third-order valence-corrected chi connectivity index (χ3v) is 3.41. The summed E-state index contributed by atoms with van der Waals surface area (Å²) in [4.78, 5) is 2.58. The van der Waals surface area contributed by atoms with Gasteiger partial charge in [0.25, 0.3) is 0 Å². The highest BCUT2D eigenvalue weighted by molar-refractivity contribution is 4.85. The van der Waals surface area contributed by atoms with Gasteiger partial charge in [0.15, 0.2) is 0 Å². The molecule has 0 aromatic rings. The fraction of sp³-hybridized carbons (Fsp3) is 1.00. The van der Waals surface area contributed by atoms with E-state index in [1.54, 1.807) is 0 Å². The maximum absolute atomic E-state index is 5.58. The van der Waals surface area contributed by atoms with Gasteiger partial charge in [0, 0.05) is 37.8 Å². The highest BCUT2D eigenvalue weighted by atomic mass is 16.5. The minimum Gasteiger partial charge on any atom is -0.380 e. The summed E-state index contributed by atoms with van der Waals surface area (Å²) in [6.07, 6.45) is 1.18. The minimum absolute atomic E-state index is 0.517. The van der Waals surface area contributed by atoms with Crippen molar-refractivity contribution < 1.29 is 9.47 Å². The first-order chi connectivity index (χ1) is 7.77. The summed E-state index contributed by atoms with van der Waals surface area (Å²) in [5.74, 6) is 0. The topological polar surface area (TPSA) is 33.7 Å². The van der Waals surface area contributed by atoms with Crippen LogP contribution in [0, 0.1) is 0 Å². The summed E-state index contributed by atoms with van der Waals surface area (Å²) in [5.41, 5.74) is 0. The molecule has 0 aromatic heterocycles. The van der Waals surface area contributed by atoms with Gasteiger partial charge >= 0.3 is 0 Å². The molecule has 2 heterocycles. The van der Waals surface area contributed by atoms with Gasteiger partial charge in [0.05, 0.1) is 19.8 Å². The molecule has 0 spiro atoms. The van der Waals surface area contributed by atoms with Gasteiger partial charge in [-0.25, -0.2) is 0 Å². The van der Waals surface area contributed by atoms with Crippen LogP contribution in [0.25, 0.3) is 0 Å². The Kier molecular flexibility index (Phi) is 4.58. The Morgan fingerprint density at radius 3 is 2.75 bits per heavy atom. The van der Waals surface area contributed by atoms with Crippen molar-refractivity contribution in [1.82, 2.24) is 10.2 Å². The number of morpholine rings is 1. The lowest BCUT2D eigenvalue weighted by Gasteiger charge is -2.39. The molecule has 4 nitrogen and oxygen atoms in total. The molecule has 0 aliphatic carbocycles. The maximum atomic E-state index is 5.58. The Hall–Kier alpha value is -0.160. The Morgan fingerprint density at radius 2 is 2.06 bits per heavy atom. The molecule has 2 unspecified atom stereocenters. The van der Waals surface area contributed by atoms with Crippen LogP contribution in [0.3, 0.4) is 0 Å². The van der Waals surface area contributed by atoms with Gasteiger partial charge in [0.1, 0.15) is 0 Å². The maximum Gasteiger partial charge on any atom is 0.0635 e. The van der Waals surface area contributed by atoms with Crippen molar-refractivity contribution in [3.63, 3.8) is 0 Å². The molecule has 0 bridgehead atoms. The lowest BCUT2D eigenvalue weighted by atomic mass is 10.1. The summed E-state index contributed by atoms with van der Waals surface area (Å²) < 4.78 is 11.1. The van der Waals surface area contributed by atoms with Crippen LogP contribution in [0.2, 0.25) is 0 Å². The van der Waals surface area contributed by atoms with Crippen molar-refractivity contribution in [3.05, 3.63) is 0 Å². The second-order valence-electron chi connectivity index (χ2n) is 5.05. The normalized spacial score (nSPS) is 32.4. The first-order valence-corrected chi connectivity index (χ1v) is 6.42. The van der Waals surface area contributed by atoms with Gasteiger partial charge in [-0.05, 0) is 6.42 Å². The van der Waals surface area contributed by atoms with Gasteiger partial charge in [-0.2, -0.15) is 0 Å². The molecule has 0 radical (unpaired) electrons. The number of nitrogens with one attached hydrogen (secondary N) is 1. The molecular formula is C12H24N2O2. The smallest absolute Gasteiger partial charge is 0.0635 e. The van der Waals surface area contributed by atoms with Crippen LogP contribution < -0.4 is 5.32 Å². The van der Waals surface area contributed by atoms with E-state index in [0.29, 0.717) is 18.1 Å². The highest BCUT2D eigenvalue weighted by Crippen LogP contribution is 2.18. The van der Waals surface area contributed by atoms with Gasteiger partial charge < -0.3 is 14.8 Å². The summed E-state index contributed by atoms with van der Waals surface area (Å²) in [6.45, 7) is 10.0. The molecule has 94 valence electrons. The van der Waals surface area contributed by atoms with Crippen molar-refractivity contribution in [1.29, 1.82) is 0 Å². The largest absolute Gasteiger partial charge is 0.380 e. The van der Waals surface area contributed by atoms with E-state index in [0.717, 1.165) is 39.5 Å². The van der Waals surface area contributed by atoms with Crippen LogP contribution in [0.15, 0.2) is 0 Å². The van der Waals surface area contributed by atoms with Crippen LogP contribution in [-0.2, 0) is 9.47 Å². The average molecular weight is 228 g/mol. The van der Waals surface area contributed by atoms with Crippen molar-refractivity contribution in [2.45, 2.75) is 38.4 Å². The molecule has 1 N–H and O–H groups in total. The summed E-state index contributed by atoms with van der Waals surface area (Å²) in [5, 5.41) is 3.51. The van der Waals surface area contributed by atoms with Crippen molar-refractivity contribution in [2.24, 2.45) is 0 Å². The molecule has 2 fully saturated rings. The van der Waals surface area contributed by atoms with E-state index in [2.05, 4.69) is 24.1 Å². The number of hydrogen-bond donors (Lipinski definition) is 1. The van der Waals surface area contributed by atoms with Crippen molar-refractivity contribution >= 4 is 0 Å². The number of rotatable bonds is 4.